The van der Waals surface area contributed by atoms with Gasteiger partial charge in [-0.3, -0.25) is 14.2 Å². The highest BCUT2D eigenvalue weighted by molar-refractivity contribution is 6.30. The second-order valence-corrected chi connectivity index (χ2v) is 9.44. The number of halogens is 1. The number of amides is 1. The minimum Gasteiger partial charge on any atom is -0.488 e. The summed E-state index contributed by atoms with van der Waals surface area (Å²) in [7, 11) is 1.68. The van der Waals surface area contributed by atoms with Crippen LogP contribution in [0.3, 0.4) is 0 Å². The molecule has 0 aliphatic heterocycles. The van der Waals surface area contributed by atoms with Gasteiger partial charge in [0.1, 0.15) is 11.2 Å². The Morgan fingerprint density at radius 1 is 1.33 bits per heavy atom. The maximum atomic E-state index is 13.8. The lowest BCUT2D eigenvalue weighted by atomic mass is 10.1. The molecule has 1 aromatic carbocycles. The van der Waals surface area contributed by atoms with Gasteiger partial charge in [0.15, 0.2) is 17.1 Å². The van der Waals surface area contributed by atoms with Gasteiger partial charge in [0.25, 0.3) is 11.5 Å². The highest BCUT2D eigenvalue weighted by Crippen LogP contribution is 2.31. The van der Waals surface area contributed by atoms with E-state index in [9.17, 15) is 14.7 Å². The van der Waals surface area contributed by atoms with Crippen LogP contribution in [0.25, 0.3) is 11.0 Å². The van der Waals surface area contributed by atoms with Gasteiger partial charge in [-0.05, 0) is 45.4 Å². The highest BCUT2D eigenvalue weighted by atomic mass is 35.5. The average Bonchev–Trinajstić information content (AvgIpc) is 3.00. The van der Waals surface area contributed by atoms with Crippen LogP contribution in [0.1, 0.15) is 56.5 Å². The van der Waals surface area contributed by atoms with Crippen molar-refractivity contribution < 1.29 is 14.6 Å². The quantitative estimate of drug-likeness (QED) is 0.522. The topological polar surface area (TPSA) is 98.4 Å². The Balaban J connectivity index is 2.28. The molecule has 1 amide bonds. The number of aromatic nitrogens is 3. The number of rotatable bonds is 8. The van der Waals surface area contributed by atoms with Crippen molar-refractivity contribution in [2.75, 3.05) is 6.61 Å². The lowest BCUT2D eigenvalue weighted by molar-refractivity contribution is 0.0855. The van der Waals surface area contributed by atoms with E-state index in [1.165, 1.54) is 0 Å². The molecule has 0 bridgehead atoms. The monoisotopic (exact) mass is 474 g/mol. The number of benzene rings is 1. The summed E-state index contributed by atoms with van der Waals surface area (Å²) in [4.78, 5) is 31.7. The fourth-order valence-corrected chi connectivity index (χ4v) is 3.88. The number of carbonyl (C=O) groups is 1. The summed E-state index contributed by atoms with van der Waals surface area (Å²) in [5.74, 6) is 0.324. The first-order chi connectivity index (χ1) is 15.5. The molecule has 0 fully saturated rings. The maximum absolute atomic E-state index is 13.8. The van der Waals surface area contributed by atoms with Crippen molar-refractivity contribution in [3.05, 3.63) is 56.7 Å². The predicted molar refractivity (Wildman–Crippen MR) is 129 cm³/mol. The summed E-state index contributed by atoms with van der Waals surface area (Å²) >= 11 is 6.14. The molecule has 0 unspecified atom stereocenters. The van der Waals surface area contributed by atoms with Crippen molar-refractivity contribution in [2.24, 2.45) is 7.05 Å². The molecule has 0 saturated carbocycles. The molecular formula is C24H31ClN4O4. The number of hydrogen-bond acceptors (Lipinski definition) is 5. The van der Waals surface area contributed by atoms with Crippen LogP contribution in [0.2, 0.25) is 5.02 Å². The van der Waals surface area contributed by atoms with Gasteiger partial charge in [-0.2, -0.15) is 0 Å². The highest BCUT2D eigenvalue weighted by Gasteiger charge is 2.30. The third kappa shape index (κ3) is 5.07. The summed E-state index contributed by atoms with van der Waals surface area (Å²) in [6, 6.07) is 7.32. The van der Waals surface area contributed by atoms with E-state index in [-0.39, 0.29) is 35.1 Å². The van der Waals surface area contributed by atoms with Crippen LogP contribution >= 0.6 is 11.6 Å². The number of ether oxygens (including phenoxy) is 1. The molecule has 2 N–H and O–H groups in total. The lowest BCUT2D eigenvalue weighted by Gasteiger charge is -2.24. The minimum absolute atomic E-state index is 0.187. The molecular weight excluding hydrogens is 444 g/mol. The van der Waals surface area contributed by atoms with Crippen LogP contribution < -0.4 is 15.6 Å². The van der Waals surface area contributed by atoms with E-state index < -0.39 is 11.4 Å². The van der Waals surface area contributed by atoms with E-state index >= 15 is 0 Å². The minimum atomic E-state index is -0.850. The molecule has 8 nitrogen and oxygen atoms in total. The van der Waals surface area contributed by atoms with Gasteiger partial charge in [0.05, 0.1) is 24.8 Å². The molecule has 0 atom stereocenters. The van der Waals surface area contributed by atoms with E-state index in [2.05, 4.69) is 5.32 Å². The van der Waals surface area contributed by atoms with Crippen LogP contribution in [0.4, 0.5) is 0 Å². The summed E-state index contributed by atoms with van der Waals surface area (Å²) in [5, 5.41) is 13.2. The van der Waals surface area contributed by atoms with E-state index in [0.29, 0.717) is 29.5 Å². The second-order valence-electron chi connectivity index (χ2n) is 9.00. The van der Waals surface area contributed by atoms with Gasteiger partial charge in [-0.1, -0.05) is 30.7 Å². The predicted octanol–water partition coefficient (Wildman–Crippen LogP) is 3.29. The number of aliphatic hydroxyl groups excluding tert-OH is 1. The van der Waals surface area contributed by atoms with Gasteiger partial charge in [0.2, 0.25) is 0 Å². The zero-order valence-corrected chi connectivity index (χ0v) is 20.7. The number of fused-ring (bicyclic) bond motifs is 1. The number of nitrogens with one attached hydrogen (secondary N) is 1. The Kier molecular flexibility index (Phi) is 7.19. The van der Waals surface area contributed by atoms with Gasteiger partial charge < -0.3 is 19.7 Å². The van der Waals surface area contributed by atoms with Crippen molar-refractivity contribution in [3.8, 4) is 5.75 Å². The van der Waals surface area contributed by atoms with Crippen molar-refractivity contribution in [2.45, 2.75) is 59.2 Å². The Labute approximate surface area is 198 Å². The summed E-state index contributed by atoms with van der Waals surface area (Å²) in [6.07, 6.45) is 0.246. The maximum Gasteiger partial charge on any atom is 0.272 e. The third-order valence-corrected chi connectivity index (χ3v) is 5.52. The Morgan fingerprint density at radius 2 is 2.03 bits per heavy atom. The molecule has 2 aromatic heterocycles. The van der Waals surface area contributed by atoms with Crippen LogP contribution in [-0.4, -0.2) is 43.4 Å². The first-order valence-corrected chi connectivity index (χ1v) is 11.3. The summed E-state index contributed by atoms with van der Waals surface area (Å²) in [5.41, 5.74) is 0.292. The first kappa shape index (κ1) is 24.8. The van der Waals surface area contributed by atoms with E-state index in [1.54, 1.807) is 36.1 Å². The normalized spacial score (nSPS) is 11.9. The zero-order chi connectivity index (χ0) is 24.5. The molecule has 3 rings (SSSR count). The fourth-order valence-electron chi connectivity index (χ4n) is 3.67. The fraction of sp³-hybridized carbons (Fsp3) is 0.458. The first-order valence-electron chi connectivity index (χ1n) is 11.0. The largest absolute Gasteiger partial charge is 0.488 e. The van der Waals surface area contributed by atoms with Gasteiger partial charge in [-0.25, -0.2) is 4.98 Å². The summed E-state index contributed by atoms with van der Waals surface area (Å²) in [6.45, 7) is 9.05. The van der Waals surface area contributed by atoms with Crippen LogP contribution in [0, 0.1) is 0 Å². The van der Waals surface area contributed by atoms with E-state index in [4.69, 9.17) is 21.3 Å². The molecule has 0 radical (unpaired) electrons. The van der Waals surface area contributed by atoms with Crippen molar-refractivity contribution >= 4 is 28.5 Å². The number of aryl methyl sites for hydroxylation is 2. The third-order valence-electron chi connectivity index (χ3n) is 5.29. The lowest BCUT2D eigenvalue weighted by Crippen LogP contribution is -2.46. The molecule has 178 valence electrons. The smallest absolute Gasteiger partial charge is 0.272 e. The molecule has 33 heavy (non-hydrogen) atoms. The van der Waals surface area contributed by atoms with Crippen LogP contribution in [0.15, 0.2) is 29.1 Å². The average molecular weight is 475 g/mol. The van der Waals surface area contributed by atoms with Crippen molar-refractivity contribution in [3.63, 3.8) is 0 Å². The van der Waals surface area contributed by atoms with Crippen LogP contribution in [-0.2, 0) is 20.0 Å². The van der Waals surface area contributed by atoms with Crippen molar-refractivity contribution in [1.82, 2.24) is 19.4 Å². The molecule has 0 aliphatic carbocycles. The zero-order valence-electron chi connectivity index (χ0n) is 19.9. The van der Waals surface area contributed by atoms with E-state index in [1.807, 2.05) is 39.0 Å². The number of aliphatic hydroxyl groups is 1. The SMILES string of the molecule is CCc1nc2c(c(OC(C)C)c(C(=O)NC(C)(C)CO)n2C)c(=O)n1Cc1cccc(Cl)c1. The number of nitrogens with zero attached hydrogens (tertiary/aromatic N) is 3. The Bertz CT molecular complexity index is 1240. The Hall–Kier alpha value is -2.84. The van der Waals surface area contributed by atoms with Gasteiger partial charge in [-0.15, -0.1) is 0 Å². The summed E-state index contributed by atoms with van der Waals surface area (Å²) < 4.78 is 9.19. The molecule has 0 spiro atoms. The molecule has 0 saturated heterocycles. The molecule has 3 aromatic rings. The molecule has 2 heterocycles. The van der Waals surface area contributed by atoms with Crippen LogP contribution in [0.5, 0.6) is 5.75 Å². The standard InChI is InChI=1S/C24H31ClN4O4/c1-7-17-26-21-18(23(32)29(17)12-15-9-8-10-16(25)11-15)20(33-14(2)3)19(28(21)6)22(31)27-24(4,5)13-30/h8-11,14,30H,7,12-13H2,1-6H3,(H,27,31). The molecule has 9 heteroatoms. The number of carbonyl (C=O) groups excluding carboxylic acids is 1. The van der Waals surface area contributed by atoms with Gasteiger partial charge in [0, 0.05) is 18.5 Å². The number of hydrogen-bond donors (Lipinski definition) is 2. The Morgan fingerprint density at radius 3 is 2.61 bits per heavy atom. The van der Waals surface area contributed by atoms with Crippen molar-refractivity contribution in [1.29, 1.82) is 0 Å². The second kappa shape index (κ2) is 9.57. The van der Waals surface area contributed by atoms with E-state index in [0.717, 1.165) is 5.56 Å². The molecule has 0 aliphatic rings. The van der Waals surface area contributed by atoms with Gasteiger partial charge >= 0.3 is 0 Å².